The molecule has 5 heavy (non-hydrogen) atoms. The lowest BCUT2D eigenvalue weighted by Crippen LogP contribution is -1.80. The van der Waals surface area contributed by atoms with E-state index in [-0.39, 0.29) is 0 Å². The van der Waals surface area contributed by atoms with Gasteiger partial charge < -0.3 is 0 Å². The third kappa shape index (κ3) is 4.73. The van der Waals surface area contributed by atoms with Crippen LogP contribution in [0.2, 0.25) is 0 Å². The fraction of sp³-hybridized carbons (Fsp3) is 0.750. The zero-order valence-corrected chi connectivity index (χ0v) is 5.53. The summed E-state index contributed by atoms with van der Waals surface area (Å²) in [5.41, 5.74) is 0. The van der Waals surface area contributed by atoms with Crippen LogP contribution in [0.4, 0.5) is 0 Å². The van der Waals surface area contributed by atoms with Gasteiger partial charge in [-0.25, -0.2) is 0 Å². The topological polar surface area (TPSA) is 0 Å². The van der Waals surface area contributed by atoms with Crippen LogP contribution in [0.25, 0.3) is 0 Å². The van der Waals surface area contributed by atoms with E-state index in [9.17, 15) is 0 Å². The average Bonchev–Trinajstić information content (AvgIpc) is 1.38. The highest BCUT2D eigenvalue weighted by molar-refractivity contribution is 14.1. The van der Waals surface area contributed by atoms with E-state index in [1.165, 1.54) is 6.42 Å². The normalized spacial score (nSPS) is 15.0. The molecule has 0 aliphatic heterocycles. The number of hydrogen-bond acceptors (Lipinski definition) is 0. The Balaban J connectivity index is 2.54. The van der Waals surface area contributed by atoms with Crippen molar-refractivity contribution in [2.75, 3.05) is 0 Å². The van der Waals surface area contributed by atoms with Crippen molar-refractivity contribution in [3.05, 3.63) is 6.92 Å². The molecule has 0 saturated carbocycles. The largest absolute Gasteiger partial charge is 0.0826 e. The minimum absolute atomic E-state index is 0.604. The molecule has 0 saturated heterocycles. The van der Waals surface area contributed by atoms with Crippen molar-refractivity contribution < 1.29 is 0 Å². The first-order valence-corrected chi connectivity index (χ1v) is 2.99. The van der Waals surface area contributed by atoms with Gasteiger partial charge in [0.1, 0.15) is 0 Å². The molecule has 0 N–H and O–H groups in total. The highest BCUT2D eigenvalue weighted by Gasteiger charge is 1.82. The second-order valence-corrected chi connectivity index (χ2v) is 2.77. The Labute approximate surface area is 47.1 Å². The van der Waals surface area contributed by atoms with Crippen molar-refractivity contribution in [1.82, 2.24) is 0 Å². The van der Waals surface area contributed by atoms with Gasteiger partial charge in [0.2, 0.25) is 0 Å². The van der Waals surface area contributed by atoms with Crippen LogP contribution in [0.5, 0.6) is 0 Å². The van der Waals surface area contributed by atoms with Crippen LogP contribution < -0.4 is 0 Å². The SMILES string of the molecule is [CH2]C(I)CC. The van der Waals surface area contributed by atoms with E-state index in [4.69, 9.17) is 0 Å². The summed E-state index contributed by atoms with van der Waals surface area (Å²) in [5.74, 6) is 0. The van der Waals surface area contributed by atoms with Gasteiger partial charge in [-0.15, -0.1) is 0 Å². The molecule has 1 radical (unpaired) electrons. The van der Waals surface area contributed by atoms with E-state index < -0.39 is 0 Å². The minimum atomic E-state index is 0.604. The fourth-order valence-electron chi connectivity index (χ4n) is 0. The van der Waals surface area contributed by atoms with Gasteiger partial charge in [0.05, 0.1) is 0 Å². The molecule has 1 unspecified atom stereocenters. The highest BCUT2D eigenvalue weighted by Crippen LogP contribution is 1.99. The van der Waals surface area contributed by atoms with E-state index >= 15 is 0 Å². The third-order valence-corrected chi connectivity index (χ3v) is 1.32. The van der Waals surface area contributed by atoms with E-state index in [2.05, 4.69) is 36.4 Å². The van der Waals surface area contributed by atoms with Crippen molar-refractivity contribution >= 4 is 22.6 Å². The van der Waals surface area contributed by atoms with Crippen molar-refractivity contribution in [1.29, 1.82) is 0 Å². The molecule has 0 spiro atoms. The summed E-state index contributed by atoms with van der Waals surface area (Å²) in [6.45, 7) is 5.87. The summed E-state index contributed by atoms with van der Waals surface area (Å²) >= 11 is 2.30. The van der Waals surface area contributed by atoms with E-state index in [1.807, 2.05) is 0 Å². The molecule has 1 heteroatoms. The van der Waals surface area contributed by atoms with Crippen LogP contribution >= 0.6 is 22.6 Å². The molecule has 0 aliphatic carbocycles. The zero-order chi connectivity index (χ0) is 4.28. The Morgan fingerprint density at radius 2 is 2.20 bits per heavy atom. The molecule has 0 heterocycles. The smallest absolute Gasteiger partial charge is 0.0107 e. The van der Waals surface area contributed by atoms with Crippen molar-refractivity contribution in [3.63, 3.8) is 0 Å². The van der Waals surface area contributed by atoms with Gasteiger partial charge in [-0.3, -0.25) is 0 Å². The quantitative estimate of drug-likeness (QED) is 0.431. The maximum atomic E-state index is 3.74. The lowest BCUT2D eigenvalue weighted by Gasteiger charge is -1.87. The van der Waals surface area contributed by atoms with Gasteiger partial charge in [-0.05, 0) is 13.3 Å². The molecular weight excluding hydrogens is 175 g/mol. The summed E-state index contributed by atoms with van der Waals surface area (Å²) in [4.78, 5) is 0. The molecule has 1 atom stereocenters. The Morgan fingerprint density at radius 3 is 2.20 bits per heavy atom. The maximum Gasteiger partial charge on any atom is 0.0107 e. The standard InChI is InChI=1S/C4H8I/c1-3-4(2)5/h4H,2-3H2,1H3. The molecule has 0 fully saturated rings. The number of halogens is 1. The molecule has 0 amide bonds. The molecule has 0 nitrogen and oxygen atoms in total. The van der Waals surface area contributed by atoms with Crippen molar-refractivity contribution in [2.24, 2.45) is 0 Å². The second kappa shape index (κ2) is 2.94. The molecule has 0 bridgehead atoms. The number of alkyl halides is 1. The molecule has 0 aromatic heterocycles. The molecule has 0 aliphatic rings. The van der Waals surface area contributed by atoms with Crippen LogP contribution in [-0.4, -0.2) is 3.92 Å². The van der Waals surface area contributed by atoms with Crippen LogP contribution in [0.3, 0.4) is 0 Å². The van der Waals surface area contributed by atoms with Crippen LogP contribution in [0, 0.1) is 6.92 Å². The van der Waals surface area contributed by atoms with E-state index in [1.54, 1.807) is 0 Å². The van der Waals surface area contributed by atoms with Gasteiger partial charge in [-0.2, -0.15) is 0 Å². The summed E-state index contributed by atoms with van der Waals surface area (Å²) in [6.07, 6.45) is 1.18. The summed E-state index contributed by atoms with van der Waals surface area (Å²) in [6, 6.07) is 0. The van der Waals surface area contributed by atoms with Gasteiger partial charge in [-0.1, -0.05) is 29.5 Å². The predicted molar refractivity (Wildman–Crippen MR) is 33.5 cm³/mol. The van der Waals surface area contributed by atoms with Gasteiger partial charge in [0.25, 0.3) is 0 Å². The highest BCUT2D eigenvalue weighted by atomic mass is 127. The Bertz CT molecular complexity index is 17.6. The Hall–Kier alpha value is 0.730. The summed E-state index contributed by atoms with van der Waals surface area (Å²) in [7, 11) is 0. The molecular formula is C4H8I. The first-order valence-electron chi connectivity index (χ1n) is 1.74. The molecule has 0 rings (SSSR count). The number of rotatable bonds is 1. The first-order chi connectivity index (χ1) is 2.27. The first kappa shape index (κ1) is 5.73. The van der Waals surface area contributed by atoms with Crippen LogP contribution in [-0.2, 0) is 0 Å². The van der Waals surface area contributed by atoms with Crippen LogP contribution in [0.15, 0.2) is 0 Å². The van der Waals surface area contributed by atoms with E-state index in [0.29, 0.717) is 3.92 Å². The maximum absolute atomic E-state index is 3.74. The second-order valence-electron chi connectivity index (χ2n) is 1.01. The van der Waals surface area contributed by atoms with Crippen molar-refractivity contribution in [3.8, 4) is 0 Å². The third-order valence-electron chi connectivity index (χ3n) is 0.443. The van der Waals surface area contributed by atoms with E-state index in [0.717, 1.165) is 0 Å². The molecule has 31 valence electrons. The Morgan fingerprint density at radius 1 is 2.00 bits per heavy atom. The van der Waals surface area contributed by atoms with Crippen molar-refractivity contribution in [2.45, 2.75) is 17.3 Å². The van der Waals surface area contributed by atoms with Crippen LogP contribution in [0.1, 0.15) is 13.3 Å². The van der Waals surface area contributed by atoms with Gasteiger partial charge in [0.15, 0.2) is 0 Å². The molecule has 0 aromatic carbocycles. The predicted octanol–water partition coefficient (Wildman–Crippen LogP) is 2.03. The molecule has 0 aromatic rings. The summed E-state index contributed by atoms with van der Waals surface area (Å²) < 4.78 is 0.604. The average molecular weight is 183 g/mol. The minimum Gasteiger partial charge on any atom is -0.0826 e. The lowest BCUT2D eigenvalue weighted by molar-refractivity contribution is 1.01. The Kier molecular flexibility index (Phi) is 3.37. The zero-order valence-electron chi connectivity index (χ0n) is 3.37. The van der Waals surface area contributed by atoms with Gasteiger partial charge in [0, 0.05) is 3.92 Å². The van der Waals surface area contributed by atoms with Gasteiger partial charge >= 0.3 is 0 Å². The monoisotopic (exact) mass is 183 g/mol. The summed E-state index contributed by atoms with van der Waals surface area (Å²) in [5, 5.41) is 0. The number of hydrogen-bond donors (Lipinski definition) is 0. The lowest BCUT2D eigenvalue weighted by atomic mass is 10.4. The fourth-order valence-corrected chi connectivity index (χ4v) is 0.